The van der Waals surface area contributed by atoms with Crippen LogP contribution in [0.15, 0.2) is 77.7 Å². The first-order chi connectivity index (χ1) is 16.3. The predicted molar refractivity (Wildman–Crippen MR) is 132 cm³/mol. The second kappa shape index (κ2) is 9.54. The summed E-state index contributed by atoms with van der Waals surface area (Å²) in [7, 11) is -2.60. The lowest BCUT2D eigenvalue weighted by Crippen LogP contribution is -2.15. The Labute approximate surface area is 200 Å². The fourth-order valence-electron chi connectivity index (χ4n) is 3.27. The van der Waals surface area contributed by atoms with Crippen LogP contribution in [0.25, 0.3) is 11.3 Å². The highest BCUT2D eigenvalue weighted by Crippen LogP contribution is 2.32. The quantitative estimate of drug-likeness (QED) is 0.314. The van der Waals surface area contributed by atoms with Crippen LogP contribution in [0.5, 0.6) is 11.5 Å². The number of methoxy groups -OCH3 is 1. The van der Waals surface area contributed by atoms with Crippen molar-refractivity contribution >= 4 is 38.6 Å². The van der Waals surface area contributed by atoms with Gasteiger partial charge < -0.3 is 15.2 Å². The van der Waals surface area contributed by atoms with Crippen LogP contribution >= 0.6 is 11.3 Å². The van der Waals surface area contributed by atoms with Gasteiger partial charge in [0.25, 0.3) is 15.9 Å². The Hall–Kier alpha value is -3.89. The molecule has 0 atom stereocenters. The number of ether oxygens (including phenoxy) is 1. The molecule has 0 saturated heterocycles. The van der Waals surface area contributed by atoms with E-state index in [0.717, 1.165) is 5.56 Å². The third-order valence-electron chi connectivity index (χ3n) is 4.87. The number of anilines is 2. The van der Waals surface area contributed by atoms with E-state index in [1.807, 2.05) is 30.3 Å². The first-order valence-corrected chi connectivity index (χ1v) is 12.4. The van der Waals surface area contributed by atoms with E-state index in [4.69, 9.17) is 4.74 Å². The minimum atomic E-state index is -4.03. The van der Waals surface area contributed by atoms with E-state index < -0.39 is 15.9 Å². The third-order valence-corrected chi connectivity index (χ3v) is 7.20. The van der Waals surface area contributed by atoms with Crippen LogP contribution in [-0.2, 0) is 10.0 Å². The number of para-hydroxylation sites is 2. The molecule has 174 valence electrons. The first kappa shape index (κ1) is 23.3. The van der Waals surface area contributed by atoms with E-state index in [-0.39, 0.29) is 22.0 Å². The number of nitrogens with one attached hydrogen (secondary N) is 2. The van der Waals surface area contributed by atoms with Crippen molar-refractivity contribution in [1.29, 1.82) is 0 Å². The molecule has 0 aliphatic heterocycles. The number of hydrogen-bond donors (Lipinski definition) is 3. The van der Waals surface area contributed by atoms with Crippen LogP contribution in [0.4, 0.5) is 11.4 Å². The fraction of sp³-hybridized carbons (Fsp3) is 0.0833. The minimum absolute atomic E-state index is 0.0435. The lowest BCUT2D eigenvalue weighted by molar-refractivity contribution is 0.103. The minimum Gasteiger partial charge on any atom is -0.506 e. The summed E-state index contributed by atoms with van der Waals surface area (Å²) < 4.78 is 33.6. The average Bonchev–Trinajstić information content (AvgIpc) is 3.23. The number of amides is 1. The Balaban J connectivity index is 1.63. The molecular formula is C24H21N3O5S2. The van der Waals surface area contributed by atoms with Crippen LogP contribution in [0.3, 0.4) is 0 Å². The first-order valence-electron chi connectivity index (χ1n) is 10.1. The van der Waals surface area contributed by atoms with Crippen molar-refractivity contribution in [2.75, 3.05) is 17.1 Å². The number of nitrogens with zero attached hydrogens (tertiary/aromatic N) is 1. The summed E-state index contributed by atoms with van der Waals surface area (Å²) in [4.78, 5) is 17.7. The van der Waals surface area contributed by atoms with Crippen LogP contribution in [-0.4, -0.2) is 31.5 Å². The lowest BCUT2D eigenvalue weighted by atomic mass is 10.1. The second-order valence-corrected chi connectivity index (χ2v) is 10.1. The zero-order chi connectivity index (χ0) is 24.3. The average molecular weight is 496 g/mol. The molecule has 0 fully saturated rings. The largest absolute Gasteiger partial charge is 0.506 e. The lowest BCUT2D eigenvalue weighted by Gasteiger charge is -2.13. The van der Waals surface area contributed by atoms with Crippen LogP contribution in [0.2, 0.25) is 0 Å². The van der Waals surface area contributed by atoms with Gasteiger partial charge in [0.1, 0.15) is 16.4 Å². The van der Waals surface area contributed by atoms with Crippen molar-refractivity contribution in [1.82, 2.24) is 4.98 Å². The van der Waals surface area contributed by atoms with Gasteiger partial charge in [-0.15, -0.1) is 11.3 Å². The molecule has 1 heterocycles. The maximum atomic E-state index is 13.1. The van der Waals surface area contributed by atoms with Crippen molar-refractivity contribution in [2.45, 2.75) is 11.8 Å². The van der Waals surface area contributed by atoms with Gasteiger partial charge in [-0.05, 0) is 37.3 Å². The van der Waals surface area contributed by atoms with Crippen molar-refractivity contribution < 1.29 is 23.1 Å². The molecule has 0 bridgehead atoms. The van der Waals surface area contributed by atoms with Crippen molar-refractivity contribution in [3.05, 3.63) is 82.7 Å². The summed E-state index contributed by atoms with van der Waals surface area (Å²) in [5.74, 6) is -0.425. The Morgan fingerprint density at radius 1 is 1.00 bits per heavy atom. The molecule has 4 rings (SSSR count). The molecule has 0 spiro atoms. The predicted octanol–water partition coefficient (Wildman–Crippen LogP) is 4.89. The van der Waals surface area contributed by atoms with Gasteiger partial charge in [0.2, 0.25) is 0 Å². The van der Waals surface area contributed by atoms with Crippen LogP contribution in [0, 0.1) is 6.92 Å². The number of aromatic nitrogens is 1. The molecular weight excluding hydrogens is 474 g/mol. The number of hydrogen-bond acceptors (Lipinski definition) is 7. The molecule has 10 heteroatoms. The number of sulfonamides is 1. The molecule has 34 heavy (non-hydrogen) atoms. The monoisotopic (exact) mass is 495 g/mol. The van der Waals surface area contributed by atoms with Crippen molar-refractivity contribution in [3.63, 3.8) is 0 Å². The summed E-state index contributed by atoms with van der Waals surface area (Å²) in [5, 5.41) is 13.6. The molecule has 1 amide bonds. The molecule has 0 aliphatic rings. The summed E-state index contributed by atoms with van der Waals surface area (Å²) >= 11 is 1.21. The topological polar surface area (TPSA) is 118 Å². The summed E-state index contributed by atoms with van der Waals surface area (Å²) in [5.41, 5.74) is 1.51. The number of aromatic hydroxyl groups is 1. The molecule has 0 radical (unpaired) electrons. The number of carbonyl (C=O) groups excluding carboxylic acids is 1. The molecule has 3 aromatic carbocycles. The smallest absolute Gasteiger partial charge is 0.268 e. The molecule has 1 aromatic heterocycles. The summed E-state index contributed by atoms with van der Waals surface area (Å²) in [6, 6.07) is 19.5. The Kier molecular flexibility index (Phi) is 6.53. The van der Waals surface area contributed by atoms with Crippen molar-refractivity contribution in [2.24, 2.45) is 0 Å². The van der Waals surface area contributed by atoms with Crippen LogP contribution < -0.4 is 14.8 Å². The summed E-state index contributed by atoms with van der Waals surface area (Å²) in [6.45, 7) is 1.79. The van der Waals surface area contributed by atoms with Gasteiger partial charge in [0.05, 0.1) is 34.1 Å². The van der Waals surface area contributed by atoms with E-state index in [1.54, 1.807) is 31.2 Å². The highest BCUT2D eigenvalue weighted by atomic mass is 32.2. The van der Waals surface area contributed by atoms with E-state index in [0.29, 0.717) is 21.3 Å². The number of rotatable bonds is 7. The number of aryl methyl sites for hydroxylation is 1. The van der Waals surface area contributed by atoms with Crippen molar-refractivity contribution in [3.8, 4) is 22.8 Å². The summed E-state index contributed by atoms with van der Waals surface area (Å²) in [6.07, 6.45) is 0. The second-order valence-electron chi connectivity index (χ2n) is 7.22. The van der Waals surface area contributed by atoms with Gasteiger partial charge in [0, 0.05) is 5.56 Å². The highest BCUT2D eigenvalue weighted by Gasteiger charge is 2.22. The van der Waals surface area contributed by atoms with Gasteiger partial charge in [-0.2, -0.15) is 0 Å². The number of benzene rings is 3. The van der Waals surface area contributed by atoms with E-state index in [1.165, 1.54) is 36.6 Å². The Bertz CT molecular complexity index is 1450. The van der Waals surface area contributed by atoms with Gasteiger partial charge in [0.15, 0.2) is 0 Å². The highest BCUT2D eigenvalue weighted by molar-refractivity contribution is 7.92. The molecule has 0 aliphatic carbocycles. The molecule has 3 N–H and O–H groups in total. The number of phenolic OH excluding ortho intramolecular Hbond substituents is 1. The van der Waals surface area contributed by atoms with Gasteiger partial charge in [-0.25, -0.2) is 13.4 Å². The standard InChI is InChI=1S/C24H21N3O5S2/c1-15-25-22(16-8-4-3-5-9-16)23(33-15)24(29)26-19-14-17(12-13-20(19)28)34(30,31)27-18-10-6-7-11-21(18)32-2/h3-14,27-28H,1-2H3,(H,26,29). The number of thiazole rings is 1. The van der Waals surface area contributed by atoms with Gasteiger partial charge in [-0.1, -0.05) is 42.5 Å². The maximum absolute atomic E-state index is 13.1. The SMILES string of the molecule is COc1ccccc1NS(=O)(=O)c1ccc(O)c(NC(=O)c2sc(C)nc2-c2ccccc2)c1. The number of phenols is 1. The molecule has 0 unspecified atom stereocenters. The van der Waals surface area contributed by atoms with E-state index >= 15 is 0 Å². The van der Waals surface area contributed by atoms with Crippen LogP contribution in [0.1, 0.15) is 14.7 Å². The normalized spacial score (nSPS) is 11.1. The number of carbonyl (C=O) groups is 1. The van der Waals surface area contributed by atoms with Gasteiger partial charge >= 0.3 is 0 Å². The zero-order valence-electron chi connectivity index (χ0n) is 18.3. The fourth-order valence-corrected chi connectivity index (χ4v) is 5.20. The molecule has 0 saturated carbocycles. The van der Waals surface area contributed by atoms with Gasteiger partial charge in [-0.3, -0.25) is 9.52 Å². The zero-order valence-corrected chi connectivity index (χ0v) is 19.9. The Morgan fingerprint density at radius 3 is 2.44 bits per heavy atom. The molecule has 8 nitrogen and oxygen atoms in total. The van der Waals surface area contributed by atoms with E-state index in [2.05, 4.69) is 15.0 Å². The van der Waals surface area contributed by atoms with E-state index in [9.17, 15) is 18.3 Å². The maximum Gasteiger partial charge on any atom is 0.268 e. The molecule has 4 aromatic rings. The third kappa shape index (κ3) is 4.87. The Morgan fingerprint density at radius 2 is 1.71 bits per heavy atom.